The number of hydrogen-bond acceptors (Lipinski definition) is 6. The van der Waals surface area contributed by atoms with Gasteiger partial charge in [-0.3, -0.25) is 9.48 Å². The van der Waals surface area contributed by atoms with Crippen LogP contribution in [0, 0.1) is 11.8 Å². The van der Waals surface area contributed by atoms with Gasteiger partial charge in [-0.2, -0.15) is 10.1 Å². The number of carbonyl (C=O) groups is 1. The number of rotatable bonds is 9. The molecule has 240 valence electrons. The molecular formula is C39H41N5O3. The maximum atomic E-state index is 13.3. The summed E-state index contributed by atoms with van der Waals surface area (Å²) in [5.41, 5.74) is 7.20. The standard InChI is InChI=1S/C39H41N5O3/c1-27-24-40-20-17-32(27)39(45)44-21-18-30(19-22-44)31-13-14-33-35(23-31)43(2)42-37(33)34-15-16-36(46-25-28-9-5-3-6-10-28)41-38(34)47-26-29-11-7-4-8-12-29/h3-16,18,23,27,32,40H,17,19-22,24-26H2,1-2H3/t27-,32+/m0/s1. The molecule has 5 aromatic rings. The summed E-state index contributed by atoms with van der Waals surface area (Å²) in [7, 11) is 1.97. The Labute approximate surface area is 276 Å². The van der Waals surface area contributed by atoms with Gasteiger partial charge in [0.15, 0.2) is 0 Å². The largest absolute Gasteiger partial charge is 0.473 e. The van der Waals surface area contributed by atoms with Crippen LogP contribution in [0.2, 0.25) is 0 Å². The fraction of sp³-hybridized carbons (Fsp3) is 0.308. The molecule has 1 N–H and O–H groups in total. The molecule has 2 aliphatic rings. The molecule has 1 amide bonds. The summed E-state index contributed by atoms with van der Waals surface area (Å²) in [6.45, 7) is 6.22. The van der Waals surface area contributed by atoms with Crippen LogP contribution < -0.4 is 14.8 Å². The number of aryl methyl sites for hydroxylation is 1. The number of carbonyl (C=O) groups excluding carboxylic acids is 1. The predicted octanol–water partition coefficient (Wildman–Crippen LogP) is 6.65. The molecule has 0 bridgehead atoms. The summed E-state index contributed by atoms with van der Waals surface area (Å²) >= 11 is 0. The Kier molecular flexibility index (Phi) is 9.02. The molecule has 0 unspecified atom stereocenters. The zero-order chi connectivity index (χ0) is 32.2. The summed E-state index contributed by atoms with van der Waals surface area (Å²) < 4.78 is 14.3. The molecule has 1 fully saturated rings. The topological polar surface area (TPSA) is 81.5 Å². The number of piperidine rings is 1. The van der Waals surface area contributed by atoms with Gasteiger partial charge in [0.1, 0.15) is 18.9 Å². The zero-order valence-corrected chi connectivity index (χ0v) is 27.1. The molecule has 2 aromatic heterocycles. The third-order valence-electron chi connectivity index (χ3n) is 9.38. The van der Waals surface area contributed by atoms with E-state index < -0.39 is 0 Å². The van der Waals surface area contributed by atoms with Crippen molar-refractivity contribution in [1.29, 1.82) is 0 Å². The van der Waals surface area contributed by atoms with Gasteiger partial charge in [-0.05, 0) is 72.3 Å². The Morgan fingerprint density at radius 2 is 1.68 bits per heavy atom. The van der Waals surface area contributed by atoms with Gasteiger partial charge < -0.3 is 19.7 Å². The molecule has 3 aromatic carbocycles. The van der Waals surface area contributed by atoms with Gasteiger partial charge in [-0.25, -0.2) is 0 Å². The van der Waals surface area contributed by atoms with E-state index in [1.165, 1.54) is 5.57 Å². The van der Waals surface area contributed by atoms with E-state index in [0.29, 0.717) is 43.3 Å². The number of aromatic nitrogens is 3. The van der Waals surface area contributed by atoms with Crippen LogP contribution in [-0.4, -0.2) is 51.8 Å². The van der Waals surface area contributed by atoms with Crippen molar-refractivity contribution in [3.63, 3.8) is 0 Å². The highest BCUT2D eigenvalue weighted by molar-refractivity contribution is 5.96. The predicted molar refractivity (Wildman–Crippen MR) is 185 cm³/mol. The second kappa shape index (κ2) is 13.8. The fourth-order valence-corrected chi connectivity index (χ4v) is 6.65. The lowest BCUT2D eigenvalue weighted by Gasteiger charge is -2.35. The first-order valence-electron chi connectivity index (χ1n) is 16.5. The summed E-state index contributed by atoms with van der Waals surface area (Å²) in [6.07, 6.45) is 3.98. The maximum absolute atomic E-state index is 13.3. The van der Waals surface area contributed by atoms with Crippen molar-refractivity contribution >= 4 is 22.4 Å². The Balaban J connectivity index is 1.14. The molecule has 0 saturated carbocycles. The third-order valence-corrected chi connectivity index (χ3v) is 9.38. The number of ether oxygens (including phenoxy) is 2. The first kappa shape index (κ1) is 30.7. The molecule has 8 nitrogen and oxygen atoms in total. The summed E-state index contributed by atoms with van der Waals surface area (Å²) in [5, 5.41) is 9.38. The maximum Gasteiger partial charge on any atom is 0.226 e. The van der Waals surface area contributed by atoms with E-state index in [1.54, 1.807) is 0 Å². The van der Waals surface area contributed by atoms with Crippen LogP contribution in [0.25, 0.3) is 27.7 Å². The molecule has 0 aliphatic carbocycles. The lowest BCUT2D eigenvalue weighted by atomic mass is 9.86. The Bertz CT molecular complexity index is 1890. The molecule has 2 aliphatic heterocycles. The first-order valence-corrected chi connectivity index (χ1v) is 16.5. The molecule has 2 atom stereocenters. The Morgan fingerprint density at radius 1 is 0.936 bits per heavy atom. The SMILES string of the molecule is C[C@H]1CNCC[C@H]1C(=O)N1CC=C(c2ccc3c(-c4ccc(OCc5ccccc5)nc4OCc4ccccc4)nn(C)c3c2)CC1. The third kappa shape index (κ3) is 6.79. The van der Waals surface area contributed by atoms with E-state index in [1.807, 2.05) is 89.4 Å². The highest BCUT2D eigenvalue weighted by atomic mass is 16.5. The minimum atomic E-state index is 0.121. The smallest absolute Gasteiger partial charge is 0.226 e. The molecule has 47 heavy (non-hydrogen) atoms. The minimum absolute atomic E-state index is 0.121. The summed E-state index contributed by atoms with van der Waals surface area (Å²) in [6, 6.07) is 30.5. The van der Waals surface area contributed by atoms with Gasteiger partial charge in [0, 0.05) is 37.5 Å². The number of nitrogens with zero attached hydrogens (tertiary/aromatic N) is 4. The van der Waals surface area contributed by atoms with Crippen LogP contribution in [0.5, 0.6) is 11.8 Å². The fourth-order valence-electron chi connectivity index (χ4n) is 6.65. The van der Waals surface area contributed by atoms with Gasteiger partial charge in [-0.1, -0.05) is 79.7 Å². The zero-order valence-electron chi connectivity index (χ0n) is 27.1. The monoisotopic (exact) mass is 627 g/mol. The van der Waals surface area contributed by atoms with Crippen molar-refractivity contribution in [2.45, 2.75) is 33.0 Å². The van der Waals surface area contributed by atoms with Gasteiger partial charge in [0.25, 0.3) is 0 Å². The van der Waals surface area contributed by atoms with E-state index in [9.17, 15) is 4.79 Å². The quantitative estimate of drug-likeness (QED) is 0.197. The van der Waals surface area contributed by atoms with E-state index in [0.717, 1.165) is 71.3 Å². The number of pyridine rings is 1. The molecule has 7 rings (SSSR count). The molecule has 4 heterocycles. The Morgan fingerprint density at radius 3 is 2.38 bits per heavy atom. The van der Waals surface area contributed by atoms with E-state index in [-0.39, 0.29) is 5.92 Å². The van der Waals surface area contributed by atoms with Crippen LogP contribution in [-0.2, 0) is 25.1 Å². The van der Waals surface area contributed by atoms with Crippen molar-refractivity contribution in [3.05, 3.63) is 114 Å². The normalized spacial score (nSPS) is 18.2. The van der Waals surface area contributed by atoms with E-state index in [2.05, 4.69) is 36.5 Å². The average molecular weight is 628 g/mol. The van der Waals surface area contributed by atoms with Crippen LogP contribution in [0.15, 0.2) is 97.1 Å². The molecule has 8 heteroatoms. The molecule has 0 radical (unpaired) electrons. The van der Waals surface area contributed by atoms with Crippen LogP contribution in [0.4, 0.5) is 0 Å². The molecular weight excluding hydrogens is 586 g/mol. The number of nitrogens with one attached hydrogen (secondary N) is 1. The average Bonchev–Trinajstić information content (AvgIpc) is 3.45. The molecule has 0 spiro atoms. The van der Waals surface area contributed by atoms with Crippen LogP contribution >= 0.6 is 0 Å². The van der Waals surface area contributed by atoms with Crippen molar-refractivity contribution in [2.24, 2.45) is 18.9 Å². The Hall–Kier alpha value is -4.95. The minimum Gasteiger partial charge on any atom is -0.473 e. The lowest BCUT2D eigenvalue weighted by Crippen LogP contribution is -2.46. The van der Waals surface area contributed by atoms with Gasteiger partial charge >= 0.3 is 0 Å². The van der Waals surface area contributed by atoms with Crippen molar-refractivity contribution < 1.29 is 14.3 Å². The van der Waals surface area contributed by atoms with Crippen LogP contribution in [0.3, 0.4) is 0 Å². The van der Waals surface area contributed by atoms with Gasteiger partial charge in [-0.15, -0.1) is 0 Å². The van der Waals surface area contributed by atoms with Crippen molar-refractivity contribution in [1.82, 2.24) is 25.0 Å². The van der Waals surface area contributed by atoms with E-state index >= 15 is 0 Å². The second-order valence-corrected chi connectivity index (χ2v) is 12.6. The number of benzene rings is 3. The summed E-state index contributed by atoms with van der Waals surface area (Å²) in [4.78, 5) is 20.1. The van der Waals surface area contributed by atoms with Crippen LogP contribution in [0.1, 0.15) is 36.5 Å². The summed E-state index contributed by atoms with van der Waals surface area (Å²) in [5.74, 6) is 1.77. The number of fused-ring (bicyclic) bond motifs is 1. The number of hydrogen-bond donors (Lipinski definition) is 1. The van der Waals surface area contributed by atoms with Crippen molar-refractivity contribution in [2.75, 3.05) is 26.2 Å². The highest BCUT2D eigenvalue weighted by Gasteiger charge is 2.31. The first-order chi connectivity index (χ1) is 23.0. The highest BCUT2D eigenvalue weighted by Crippen LogP contribution is 2.37. The van der Waals surface area contributed by atoms with Crippen molar-refractivity contribution in [3.8, 4) is 23.0 Å². The van der Waals surface area contributed by atoms with Gasteiger partial charge in [0.2, 0.25) is 17.7 Å². The van der Waals surface area contributed by atoms with Gasteiger partial charge in [0.05, 0.1) is 11.1 Å². The second-order valence-electron chi connectivity index (χ2n) is 12.6. The lowest BCUT2D eigenvalue weighted by molar-refractivity contribution is -0.137. The number of amides is 1. The van der Waals surface area contributed by atoms with E-state index in [4.69, 9.17) is 19.6 Å². The molecule has 1 saturated heterocycles.